The highest BCUT2D eigenvalue weighted by Crippen LogP contribution is 2.53. The first-order valence-corrected chi connectivity index (χ1v) is 13.1. The second-order valence-corrected chi connectivity index (χ2v) is 11.0. The first kappa shape index (κ1) is 28.1. The monoisotopic (exact) mass is 561 g/mol. The number of amides is 2. The third-order valence-corrected chi connectivity index (χ3v) is 8.41. The van der Waals surface area contributed by atoms with E-state index in [9.17, 15) is 39.6 Å². The number of carbonyl (C=O) groups excluding carboxylic acids is 4. The lowest BCUT2D eigenvalue weighted by atomic mass is 9.58. The zero-order valence-electron chi connectivity index (χ0n) is 22.8. The molecule has 2 amide bonds. The number of phenolic OH excluding ortho intramolecular Hbond substituents is 1. The van der Waals surface area contributed by atoms with Gasteiger partial charge < -0.3 is 31.5 Å². The third kappa shape index (κ3) is 4.11. The van der Waals surface area contributed by atoms with E-state index in [1.807, 2.05) is 30.3 Å². The normalized spacial score (nSPS) is 25.5. The molecule has 0 aliphatic heterocycles. The number of rotatable bonds is 5. The molecule has 2 aromatic carbocycles. The predicted octanol–water partition coefficient (Wildman–Crippen LogP) is 1.42. The Balaban J connectivity index is 1.75. The van der Waals surface area contributed by atoms with E-state index in [1.54, 1.807) is 20.2 Å². The molecule has 0 saturated carbocycles. The summed E-state index contributed by atoms with van der Waals surface area (Å²) in [7, 11) is 3.16. The molecule has 4 atom stereocenters. The van der Waals surface area contributed by atoms with Crippen molar-refractivity contribution in [2.24, 2.45) is 17.6 Å². The molecule has 0 saturated heterocycles. The fourth-order valence-electron chi connectivity index (χ4n) is 6.60. The quantitative estimate of drug-likeness (QED) is 0.293. The summed E-state index contributed by atoms with van der Waals surface area (Å²) in [6.45, 7) is 1.25. The molecule has 0 fully saturated rings. The van der Waals surface area contributed by atoms with Crippen LogP contribution in [0.3, 0.4) is 0 Å². The highest BCUT2D eigenvalue weighted by Gasteiger charge is 2.63. The molecule has 214 valence electrons. The van der Waals surface area contributed by atoms with Crippen LogP contribution in [0.15, 0.2) is 59.1 Å². The molecule has 5 rings (SSSR count). The van der Waals surface area contributed by atoms with Gasteiger partial charge in [0.05, 0.1) is 11.6 Å². The number of carbonyl (C=O) groups is 4. The SMILES string of the molecule is CC(=O)NCc1cc(-c2ccccc2)c2c(c1O)C(=O)C1=C(O)[C@]3(O)C(=O)C(C(N)=O)=C(O)[C@@H](N(C)C)[C@@H]3C[C@@H]1C2. The molecule has 0 radical (unpaired) electrons. The first-order valence-electron chi connectivity index (χ1n) is 13.1. The second-order valence-electron chi connectivity index (χ2n) is 11.0. The van der Waals surface area contributed by atoms with Crippen LogP contribution in [0.5, 0.6) is 5.75 Å². The number of nitrogens with one attached hydrogen (secondary N) is 1. The van der Waals surface area contributed by atoms with Gasteiger partial charge in [-0.05, 0) is 55.6 Å². The van der Waals surface area contributed by atoms with Crippen molar-refractivity contribution in [2.45, 2.75) is 38.0 Å². The van der Waals surface area contributed by atoms with Crippen LogP contribution in [-0.4, -0.2) is 74.4 Å². The molecule has 0 aromatic heterocycles. The summed E-state index contributed by atoms with van der Waals surface area (Å²) in [6.07, 6.45) is 0.154. The summed E-state index contributed by atoms with van der Waals surface area (Å²) in [5, 5.41) is 48.1. The lowest BCUT2D eigenvalue weighted by molar-refractivity contribution is -0.148. The van der Waals surface area contributed by atoms with Crippen molar-refractivity contribution in [1.29, 1.82) is 0 Å². The lowest BCUT2D eigenvalue weighted by Gasteiger charge is -2.50. The van der Waals surface area contributed by atoms with E-state index in [2.05, 4.69) is 5.32 Å². The van der Waals surface area contributed by atoms with Crippen molar-refractivity contribution in [3.05, 3.63) is 75.8 Å². The number of hydrogen-bond donors (Lipinski definition) is 6. The summed E-state index contributed by atoms with van der Waals surface area (Å²) in [6, 6.07) is 9.82. The van der Waals surface area contributed by atoms with Gasteiger partial charge in [-0.1, -0.05) is 30.3 Å². The molecule has 41 heavy (non-hydrogen) atoms. The molecule has 7 N–H and O–H groups in total. The van der Waals surface area contributed by atoms with Crippen LogP contribution in [0.2, 0.25) is 0 Å². The second kappa shape index (κ2) is 9.86. The van der Waals surface area contributed by atoms with Crippen LogP contribution in [0.25, 0.3) is 11.1 Å². The first-order chi connectivity index (χ1) is 19.3. The molecule has 0 bridgehead atoms. The van der Waals surface area contributed by atoms with Crippen molar-refractivity contribution in [3.8, 4) is 16.9 Å². The molecule has 3 aliphatic rings. The fourth-order valence-corrected chi connectivity index (χ4v) is 6.60. The Hall–Kier alpha value is -4.48. The number of allylic oxidation sites excluding steroid dienone is 1. The van der Waals surface area contributed by atoms with Crippen LogP contribution < -0.4 is 11.1 Å². The number of nitrogens with two attached hydrogens (primary N) is 1. The van der Waals surface area contributed by atoms with Gasteiger partial charge in [0.2, 0.25) is 11.7 Å². The molecule has 3 aliphatic carbocycles. The Bertz CT molecular complexity index is 1580. The van der Waals surface area contributed by atoms with Gasteiger partial charge in [0.15, 0.2) is 11.4 Å². The number of hydrogen-bond acceptors (Lipinski definition) is 9. The number of aliphatic hydroxyl groups excluding tert-OH is 2. The van der Waals surface area contributed by atoms with Crippen LogP contribution in [0.4, 0.5) is 0 Å². The van der Waals surface area contributed by atoms with Crippen LogP contribution in [0, 0.1) is 11.8 Å². The predicted molar refractivity (Wildman–Crippen MR) is 147 cm³/mol. The average Bonchev–Trinajstić information content (AvgIpc) is 2.90. The zero-order valence-corrected chi connectivity index (χ0v) is 22.8. The summed E-state index contributed by atoms with van der Waals surface area (Å²) in [5.41, 5.74) is 3.66. The van der Waals surface area contributed by atoms with Gasteiger partial charge in [-0.25, -0.2) is 0 Å². The number of ketones is 2. The van der Waals surface area contributed by atoms with Gasteiger partial charge in [0.25, 0.3) is 5.91 Å². The van der Waals surface area contributed by atoms with Gasteiger partial charge in [-0.3, -0.25) is 24.1 Å². The van der Waals surface area contributed by atoms with E-state index in [1.165, 1.54) is 11.8 Å². The Morgan fingerprint density at radius 2 is 1.78 bits per heavy atom. The average molecular weight is 562 g/mol. The van der Waals surface area contributed by atoms with E-state index in [0.717, 1.165) is 5.56 Å². The van der Waals surface area contributed by atoms with Crippen LogP contribution in [0.1, 0.15) is 34.8 Å². The number of fused-ring (bicyclic) bond motifs is 3. The Morgan fingerprint density at radius 3 is 2.37 bits per heavy atom. The van der Waals surface area contributed by atoms with Crippen LogP contribution >= 0.6 is 0 Å². The van der Waals surface area contributed by atoms with Gasteiger partial charge in [-0.2, -0.15) is 0 Å². The highest BCUT2D eigenvalue weighted by atomic mass is 16.3. The zero-order chi connectivity index (χ0) is 30.0. The number of aliphatic hydroxyl groups is 3. The van der Waals surface area contributed by atoms with E-state index in [0.29, 0.717) is 11.1 Å². The van der Waals surface area contributed by atoms with E-state index in [-0.39, 0.29) is 47.7 Å². The minimum Gasteiger partial charge on any atom is -0.510 e. The van der Waals surface area contributed by atoms with Gasteiger partial charge in [0.1, 0.15) is 22.8 Å². The molecule has 0 unspecified atom stereocenters. The number of phenols is 1. The van der Waals surface area contributed by atoms with Crippen molar-refractivity contribution in [2.75, 3.05) is 14.1 Å². The minimum atomic E-state index is -2.71. The number of benzene rings is 2. The molecule has 11 heteroatoms. The van der Waals surface area contributed by atoms with Gasteiger partial charge in [0, 0.05) is 30.5 Å². The summed E-state index contributed by atoms with van der Waals surface area (Å²) >= 11 is 0. The van der Waals surface area contributed by atoms with Crippen molar-refractivity contribution in [1.82, 2.24) is 10.2 Å². The summed E-state index contributed by atoms with van der Waals surface area (Å²) < 4.78 is 0. The Morgan fingerprint density at radius 1 is 1.12 bits per heavy atom. The standard InChI is InChI=1S/C30H31N3O8/c1-13(34)32-12-16-10-17(14-7-5-4-6-8-14)18-9-15-11-19-23(33(2)3)26(37)22(29(31)40)28(39)30(19,41)27(38)20(15)25(36)21(18)24(16)35/h4-8,10,15,19,23,35,37-38,41H,9,11-12H2,1-3H3,(H2,31,40)(H,32,34)/t15-,19-,23-,30-/m0/s1. The molecular weight excluding hydrogens is 530 g/mol. The topological polar surface area (TPSA) is 190 Å². The summed E-state index contributed by atoms with van der Waals surface area (Å²) in [5.74, 6) is -7.43. The number of Topliss-reactive ketones (excluding diaryl/α,β-unsaturated/α-hetero) is 2. The van der Waals surface area contributed by atoms with E-state index < -0.39 is 58.0 Å². The molecular formula is C30H31N3O8. The molecule has 0 heterocycles. The van der Waals surface area contributed by atoms with Gasteiger partial charge in [-0.15, -0.1) is 0 Å². The fraction of sp³-hybridized carbons (Fsp3) is 0.333. The maximum absolute atomic E-state index is 14.1. The van der Waals surface area contributed by atoms with Crippen molar-refractivity contribution >= 4 is 23.4 Å². The van der Waals surface area contributed by atoms with E-state index in [4.69, 9.17) is 5.73 Å². The van der Waals surface area contributed by atoms with Crippen molar-refractivity contribution in [3.63, 3.8) is 0 Å². The number of likely N-dealkylation sites (N-methyl/N-ethyl adjacent to an activating group) is 1. The maximum Gasteiger partial charge on any atom is 0.255 e. The third-order valence-electron chi connectivity index (χ3n) is 8.41. The molecule has 11 nitrogen and oxygen atoms in total. The molecule has 0 spiro atoms. The summed E-state index contributed by atoms with van der Waals surface area (Å²) in [4.78, 5) is 52.9. The number of nitrogens with zero attached hydrogens (tertiary/aromatic N) is 1. The number of aromatic hydroxyl groups is 1. The lowest BCUT2D eigenvalue weighted by Crippen LogP contribution is -2.63. The highest BCUT2D eigenvalue weighted by molar-refractivity contribution is 6.25. The number of primary amides is 1. The van der Waals surface area contributed by atoms with E-state index >= 15 is 0 Å². The Labute approximate surface area is 235 Å². The minimum absolute atomic E-state index is 0.00556. The smallest absolute Gasteiger partial charge is 0.255 e. The van der Waals surface area contributed by atoms with Crippen molar-refractivity contribution < 1.29 is 39.6 Å². The van der Waals surface area contributed by atoms with Gasteiger partial charge >= 0.3 is 0 Å². The largest absolute Gasteiger partial charge is 0.510 e. The maximum atomic E-state index is 14.1. The van der Waals surface area contributed by atoms with Crippen LogP contribution in [-0.2, 0) is 27.3 Å². The Kier molecular flexibility index (Phi) is 6.75. The molecule has 2 aromatic rings.